The lowest BCUT2D eigenvalue weighted by molar-refractivity contribution is 0.102. The lowest BCUT2D eigenvalue weighted by Gasteiger charge is -2.12. The number of nitrogens with zero attached hydrogens (tertiary/aromatic N) is 3. The van der Waals surface area contributed by atoms with Gasteiger partial charge in [0.2, 0.25) is 5.13 Å². The minimum atomic E-state index is -0.170. The molecule has 5 nitrogen and oxygen atoms in total. The SMILES string of the molecule is Cc1nsc(NC(=O)c2ccc(N(C)C)cc2)n1. The highest BCUT2D eigenvalue weighted by Gasteiger charge is 2.09. The van der Waals surface area contributed by atoms with E-state index in [-0.39, 0.29) is 5.91 Å². The van der Waals surface area contributed by atoms with Crippen LogP contribution in [0.5, 0.6) is 0 Å². The molecule has 0 atom stereocenters. The molecule has 1 aromatic carbocycles. The van der Waals surface area contributed by atoms with Crippen molar-refractivity contribution < 1.29 is 4.79 Å². The van der Waals surface area contributed by atoms with Gasteiger partial charge in [0.05, 0.1) is 0 Å². The molecule has 2 aromatic rings. The summed E-state index contributed by atoms with van der Waals surface area (Å²) in [5.74, 6) is 0.495. The van der Waals surface area contributed by atoms with Crippen molar-refractivity contribution >= 4 is 28.3 Å². The third-order valence-electron chi connectivity index (χ3n) is 2.39. The normalized spacial score (nSPS) is 10.2. The molecule has 1 N–H and O–H groups in total. The number of amides is 1. The zero-order valence-electron chi connectivity index (χ0n) is 10.5. The largest absolute Gasteiger partial charge is 0.378 e. The molecule has 0 aliphatic carbocycles. The summed E-state index contributed by atoms with van der Waals surface area (Å²) in [6.45, 7) is 1.79. The lowest BCUT2D eigenvalue weighted by Crippen LogP contribution is -2.13. The van der Waals surface area contributed by atoms with Gasteiger partial charge >= 0.3 is 0 Å². The number of benzene rings is 1. The maximum absolute atomic E-state index is 11.9. The van der Waals surface area contributed by atoms with Crippen LogP contribution in [0.2, 0.25) is 0 Å². The van der Waals surface area contributed by atoms with Crippen LogP contribution in [0.3, 0.4) is 0 Å². The van der Waals surface area contributed by atoms with Crippen molar-refractivity contribution in [1.29, 1.82) is 0 Å². The van der Waals surface area contributed by atoms with Crippen LogP contribution in [0.1, 0.15) is 16.2 Å². The van der Waals surface area contributed by atoms with Crippen LogP contribution in [0, 0.1) is 6.92 Å². The minimum Gasteiger partial charge on any atom is -0.378 e. The van der Waals surface area contributed by atoms with Gasteiger partial charge in [-0.3, -0.25) is 10.1 Å². The summed E-state index contributed by atoms with van der Waals surface area (Å²) in [6, 6.07) is 7.39. The van der Waals surface area contributed by atoms with Gasteiger partial charge in [-0.1, -0.05) is 0 Å². The van der Waals surface area contributed by atoms with Crippen LogP contribution in [-0.4, -0.2) is 29.4 Å². The molecule has 1 aromatic heterocycles. The van der Waals surface area contributed by atoms with Crippen LogP contribution >= 0.6 is 11.5 Å². The molecule has 0 aliphatic rings. The van der Waals surface area contributed by atoms with Crippen molar-refractivity contribution in [2.45, 2.75) is 6.92 Å². The van der Waals surface area contributed by atoms with Gasteiger partial charge in [-0.2, -0.15) is 4.37 Å². The molecular weight excluding hydrogens is 248 g/mol. The van der Waals surface area contributed by atoms with Gasteiger partial charge in [-0.05, 0) is 31.2 Å². The fourth-order valence-electron chi connectivity index (χ4n) is 1.43. The molecular formula is C12H14N4OS. The molecule has 1 heterocycles. The number of aryl methyl sites for hydroxylation is 1. The predicted octanol–water partition coefficient (Wildman–Crippen LogP) is 2.16. The molecule has 1 amide bonds. The van der Waals surface area contributed by atoms with E-state index in [0.29, 0.717) is 16.5 Å². The molecule has 0 bridgehead atoms. The second kappa shape index (κ2) is 5.14. The summed E-state index contributed by atoms with van der Waals surface area (Å²) in [6.07, 6.45) is 0. The smallest absolute Gasteiger partial charge is 0.257 e. The zero-order valence-corrected chi connectivity index (χ0v) is 11.3. The van der Waals surface area contributed by atoms with E-state index in [0.717, 1.165) is 5.69 Å². The number of hydrogen-bond acceptors (Lipinski definition) is 5. The molecule has 2 rings (SSSR count). The van der Waals surface area contributed by atoms with Crippen LogP contribution in [0.15, 0.2) is 24.3 Å². The topological polar surface area (TPSA) is 58.1 Å². The molecule has 0 radical (unpaired) electrons. The van der Waals surface area contributed by atoms with Gasteiger partial charge in [0.15, 0.2) is 0 Å². The predicted molar refractivity (Wildman–Crippen MR) is 73.4 cm³/mol. The number of carbonyl (C=O) groups is 1. The van der Waals surface area contributed by atoms with E-state index >= 15 is 0 Å². The molecule has 0 aliphatic heterocycles. The highest BCUT2D eigenvalue weighted by molar-refractivity contribution is 7.09. The first-order chi connectivity index (χ1) is 8.56. The Balaban J connectivity index is 2.09. The Morgan fingerprint density at radius 2 is 1.94 bits per heavy atom. The zero-order chi connectivity index (χ0) is 13.1. The van der Waals surface area contributed by atoms with E-state index in [9.17, 15) is 4.79 Å². The number of anilines is 2. The van der Waals surface area contributed by atoms with E-state index in [1.165, 1.54) is 11.5 Å². The summed E-state index contributed by atoms with van der Waals surface area (Å²) in [7, 11) is 3.91. The fourth-order valence-corrected chi connectivity index (χ4v) is 2.00. The Labute approximate surface area is 110 Å². The number of hydrogen-bond donors (Lipinski definition) is 1. The van der Waals surface area contributed by atoms with Gasteiger partial charge in [-0.25, -0.2) is 4.98 Å². The van der Waals surface area contributed by atoms with Crippen molar-refractivity contribution in [3.05, 3.63) is 35.7 Å². The third kappa shape index (κ3) is 2.84. The maximum atomic E-state index is 11.9. The number of nitrogens with one attached hydrogen (secondary N) is 1. The Kier molecular flexibility index (Phi) is 3.57. The van der Waals surface area contributed by atoms with Gasteiger partial charge in [0.1, 0.15) is 5.82 Å². The standard InChI is InChI=1S/C12H14N4OS/c1-8-13-12(18-15-8)14-11(17)9-4-6-10(7-5-9)16(2)3/h4-7H,1-3H3,(H,13,14,15,17). The Bertz CT molecular complexity index is 547. The quantitative estimate of drug-likeness (QED) is 0.921. The molecule has 0 saturated heterocycles. The van der Waals surface area contributed by atoms with Gasteiger partial charge in [0.25, 0.3) is 5.91 Å². The van der Waals surface area contributed by atoms with E-state index in [1.807, 2.05) is 31.1 Å². The average molecular weight is 262 g/mol. The fraction of sp³-hybridized carbons (Fsp3) is 0.250. The lowest BCUT2D eigenvalue weighted by atomic mass is 10.2. The number of aromatic nitrogens is 2. The summed E-state index contributed by atoms with van der Waals surface area (Å²) in [4.78, 5) is 18.0. The van der Waals surface area contributed by atoms with Gasteiger partial charge < -0.3 is 4.90 Å². The van der Waals surface area contributed by atoms with Crippen LogP contribution < -0.4 is 10.2 Å². The summed E-state index contributed by atoms with van der Waals surface area (Å²) >= 11 is 1.18. The monoisotopic (exact) mass is 262 g/mol. The molecule has 0 fully saturated rings. The Hall–Kier alpha value is -1.95. The summed E-state index contributed by atoms with van der Waals surface area (Å²) in [5.41, 5.74) is 1.66. The van der Waals surface area contributed by atoms with Crippen molar-refractivity contribution in [1.82, 2.24) is 9.36 Å². The molecule has 0 saturated carbocycles. The second-order valence-electron chi connectivity index (χ2n) is 4.04. The highest BCUT2D eigenvalue weighted by atomic mass is 32.1. The third-order valence-corrected chi connectivity index (χ3v) is 3.12. The minimum absolute atomic E-state index is 0.170. The van der Waals surface area contributed by atoms with Gasteiger partial charge in [-0.15, -0.1) is 0 Å². The van der Waals surface area contributed by atoms with E-state index in [4.69, 9.17) is 0 Å². The van der Waals surface area contributed by atoms with Crippen molar-refractivity contribution in [2.75, 3.05) is 24.3 Å². The summed E-state index contributed by atoms with van der Waals surface area (Å²) in [5, 5.41) is 3.24. The Morgan fingerprint density at radius 3 is 2.44 bits per heavy atom. The van der Waals surface area contributed by atoms with Crippen LogP contribution in [0.25, 0.3) is 0 Å². The first-order valence-corrected chi connectivity index (χ1v) is 6.22. The van der Waals surface area contributed by atoms with Crippen LogP contribution in [0.4, 0.5) is 10.8 Å². The summed E-state index contributed by atoms with van der Waals surface area (Å²) < 4.78 is 4.01. The van der Waals surface area contributed by atoms with Crippen LogP contribution in [-0.2, 0) is 0 Å². The van der Waals surface area contributed by atoms with Crippen molar-refractivity contribution in [2.24, 2.45) is 0 Å². The van der Waals surface area contributed by atoms with E-state index in [1.54, 1.807) is 19.1 Å². The second-order valence-corrected chi connectivity index (χ2v) is 4.79. The first-order valence-electron chi connectivity index (χ1n) is 5.45. The number of rotatable bonds is 3. The Morgan fingerprint density at radius 1 is 1.28 bits per heavy atom. The van der Waals surface area contributed by atoms with E-state index < -0.39 is 0 Å². The molecule has 94 valence electrons. The van der Waals surface area contributed by atoms with Gasteiger partial charge in [0, 0.05) is 36.9 Å². The molecule has 18 heavy (non-hydrogen) atoms. The molecule has 0 unspecified atom stereocenters. The number of carbonyl (C=O) groups excluding carboxylic acids is 1. The van der Waals surface area contributed by atoms with Crippen molar-refractivity contribution in [3.63, 3.8) is 0 Å². The van der Waals surface area contributed by atoms with Crippen molar-refractivity contribution in [3.8, 4) is 0 Å². The molecule has 0 spiro atoms. The maximum Gasteiger partial charge on any atom is 0.257 e. The first kappa shape index (κ1) is 12.5. The average Bonchev–Trinajstić information content (AvgIpc) is 2.75. The molecule has 6 heteroatoms. The van der Waals surface area contributed by atoms with E-state index in [2.05, 4.69) is 14.7 Å². The highest BCUT2D eigenvalue weighted by Crippen LogP contribution is 2.15.